The lowest BCUT2D eigenvalue weighted by atomic mass is 10.2. The minimum atomic E-state index is 0.124. The fraction of sp³-hybridized carbons (Fsp3) is 0.375. The van der Waals surface area contributed by atoms with Gasteiger partial charge in [-0.05, 0) is 30.3 Å². The monoisotopic (exact) mass is 362 g/mol. The number of benzene rings is 1. The van der Waals surface area contributed by atoms with Crippen LogP contribution >= 0.6 is 15.9 Å². The first-order valence-electron chi connectivity index (χ1n) is 7.47. The van der Waals surface area contributed by atoms with Crippen LogP contribution < -0.4 is 0 Å². The highest BCUT2D eigenvalue weighted by Gasteiger charge is 2.21. The molecule has 3 rings (SSSR count). The first-order chi connectivity index (χ1) is 10.7. The van der Waals surface area contributed by atoms with Crippen LogP contribution in [0, 0.1) is 0 Å². The first kappa shape index (κ1) is 15.2. The summed E-state index contributed by atoms with van der Waals surface area (Å²) in [5, 5.41) is 4.21. The van der Waals surface area contributed by atoms with Gasteiger partial charge >= 0.3 is 0 Å². The third-order valence-corrected chi connectivity index (χ3v) is 4.48. The second kappa shape index (κ2) is 7.07. The van der Waals surface area contributed by atoms with Crippen LogP contribution in [-0.4, -0.2) is 58.2 Å². The Kier molecular flexibility index (Phi) is 4.90. The molecule has 0 aliphatic carbocycles. The van der Waals surface area contributed by atoms with Gasteiger partial charge < -0.3 is 4.90 Å². The highest BCUT2D eigenvalue weighted by Crippen LogP contribution is 2.13. The summed E-state index contributed by atoms with van der Waals surface area (Å²) in [7, 11) is 0. The summed E-state index contributed by atoms with van der Waals surface area (Å²) >= 11 is 3.39. The molecule has 6 heteroatoms. The molecule has 0 unspecified atom stereocenters. The molecule has 1 aromatic carbocycles. The van der Waals surface area contributed by atoms with Gasteiger partial charge in [0, 0.05) is 55.2 Å². The van der Waals surface area contributed by atoms with Gasteiger partial charge in [-0.2, -0.15) is 5.10 Å². The molecule has 1 saturated heterocycles. The smallest absolute Gasteiger partial charge is 0.253 e. The Labute approximate surface area is 138 Å². The SMILES string of the molecule is O=C(c1ccc(Br)cc1)N1CCN(CCn2cccn2)CC1. The molecular weight excluding hydrogens is 344 g/mol. The molecule has 0 saturated carbocycles. The van der Waals surface area contributed by atoms with Crippen molar-refractivity contribution in [3.05, 3.63) is 52.8 Å². The maximum absolute atomic E-state index is 12.4. The minimum Gasteiger partial charge on any atom is -0.336 e. The largest absolute Gasteiger partial charge is 0.336 e. The van der Waals surface area contributed by atoms with Gasteiger partial charge in [0.25, 0.3) is 5.91 Å². The van der Waals surface area contributed by atoms with Gasteiger partial charge in [0.05, 0.1) is 6.54 Å². The van der Waals surface area contributed by atoms with Gasteiger partial charge in [-0.15, -0.1) is 0 Å². The van der Waals surface area contributed by atoms with Gasteiger partial charge in [0.1, 0.15) is 0 Å². The molecule has 1 fully saturated rings. The van der Waals surface area contributed by atoms with Crippen LogP contribution in [-0.2, 0) is 6.54 Å². The van der Waals surface area contributed by atoms with Crippen LogP contribution in [0.5, 0.6) is 0 Å². The zero-order valence-electron chi connectivity index (χ0n) is 12.4. The van der Waals surface area contributed by atoms with Crippen molar-refractivity contribution in [1.82, 2.24) is 19.6 Å². The number of carbonyl (C=O) groups excluding carboxylic acids is 1. The van der Waals surface area contributed by atoms with E-state index >= 15 is 0 Å². The van der Waals surface area contributed by atoms with Crippen molar-refractivity contribution in [2.24, 2.45) is 0 Å². The van der Waals surface area contributed by atoms with E-state index in [0.717, 1.165) is 49.3 Å². The van der Waals surface area contributed by atoms with Crippen LogP contribution in [0.3, 0.4) is 0 Å². The van der Waals surface area contributed by atoms with Gasteiger partial charge in [-0.25, -0.2) is 0 Å². The number of amides is 1. The summed E-state index contributed by atoms with van der Waals surface area (Å²) in [5.74, 6) is 0.124. The average molecular weight is 363 g/mol. The quantitative estimate of drug-likeness (QED) is 0.836. The van der Waals surface area contributed by atoms with E-state index in [1.54, 1.807) is 6.20 Å². The molecule has 5 nitrogen and oxygen atoms in total. The van der Waals surface area contributed by atoms with Gasteiger partial charge in [0.2, 0.25) is 0 Å². The van der Waals surface area contributed by atoms with Crippen molar-refractivity contribution < 1.29 is 4.79 Å². The van der Waals surface area contributed by atoms with E-state index in [9.17, 15) is 4.79 Å². The van der Waals surface area contributed by atoms with Gasteiger partial charge in [-0.3, -0.25) is 14.4 Å². The molecule has 1 aliphatic heterocycles. The number of aromatic nitrogens is 2. The predicted molar refractivity (Wildman–Crippen MR) is 88.7 cm³/mol. The van der Waals surface area contributed by atoms with Crippen molar-refractivity contribution in [3.63, 3.8) is 0 Å². The molecule has 1 aliphatic rings. The zero-order valence-corrected chi connectivity index (χ0v) is 13.9. The molecule has 0 bridgehead atoms. The number of piperazine rings is 1. The Hall–Kier alpha value is -1.66. The maximum Gasteiger partial charge on any atom is 0.253 e. The summed E-state index contributed by atoms with van der Waals surface area (Å²) in [6.07, 6.45) is 3.78. The predicted octanol–water partition coefficient (Wildman–Crippen LogP) is 2.10. The van der Waals surface area contributed by atoms with Crippen molar-refractivity contribution in [1.29, 1.82) is 0 Å². The molecular formula is C16H19BrN4O. The molecule has 116 valence electrons. The van der Waals surface area contributed by atoms with E-state index in [0.29, 0.717) is 0 Å². The highest BCUT2D eigenvalue weighted by atomic mass is 79.9. The average Bonchev–Trinajstić information content (AvgIpc) is 3.07. The highest BCUT2D eigenvalue weighted by molar-refractivity contribution is 9.10. The Bertz CT molecular complexity index is 604. The lowest BCUT2D eigenvalue weighted by Crippen LogP contribution is -2.49. The number of hydrogen-bond acceptors (Lipinski definition) is 3. The molecule has 22 heavy (non-hydrogen) atoms. The third-order valence-electron chi connectivity index (χ3n) is 3.96. The fourth-order valence-electron chi connectivity index (χ4n) is 2.63. The van der Waals surface area contributed by atoms with Crippen LogP contribution in [0.4, 0.5) is 0 Å². The number of halogens is 1. The first-order valence-corrected chi connectivity index (χ1v) is 8.26. The third kappa shape index (κ3) is 3.75. The van der Waals surface area contributed by atoms with Crippen LogP contribution in [0.15, 0.2) is 47.2 Å². The van der Waals surface area contributed by atoms with Crippen LogP contribution in [0.1, 0.15) is 10.4 Å². The Morgan fingerprint density at radius 3 is 2.45 bits per heavy atom. The standard InChI is InChI=1S/C16H19BrN4O/c17-15-4-2-14(3-5-15)16(22)20-11-8-19(9-12-20)10-13-21-7-1-6-18-21/h1-7H,8-13H2. The number of hydrogen-bond donors (Lipinski definition) is 0. The van der Waals surface area contributed by atoms with E-state index in [1.807, 2.05) is 46.1 Å². The van der Waals surface area contributed by atoms with Gasteiger partial charge in [-0.1, -0.05) is 15.9 Å². The van der Waals surface area contributed by atoms with E-state index in [1.165, 1.54) is 0 Å². The van der Waals surface area contributed by atoms with Crippen molar-refractivity contribution in [2.45, 2.75) is 6.54 Å². The molecule has 0 spiro atoms. The van der Waals surface area contributed by atoms with E-state index < -0.39 is 0 Å². The lowest BCUT2D eigenvalue weighted by molar-refractivity contribution is 0.0632. The number of carbonyl (C=O) groups is 1. The number of rotatable bonds is 4. The molecule has 0 atom stereocenters. The Morgan fingerprint density at radius 2 is 1.82 bits per heavy atom. The second-order valence-corrected chi connectivity index (χ2v) is 6.33. The van der Waals surface area contributed by atoms with E-state index in [-0.39, 0.29) is 5.91 Å². The molecule has 2 heterocycles. The molecule has 0 radical (unpaired) electrons. The summed E-state index contributed by atoms with van der Waals surface area (Å²) in [6.45, 7) is 5.28. The maximum atomic E-state index is 12.4. The number of nitrogens with zero attached hydrogens (tertiary/aromatic N) is 4. The van der Waals surface area contributed by atoms with Gasteiger partial charge in [0.15, 0.2) is 0 Å². The Morgan fingerprint density at radius 1 is 1.09 bits per heavy atom. The van der Waals surface area contributed by atoms with Crippen LogP contribution in [0.25, 0.3) is 0 Å². The lowest BCUT2D eigenvalue weighted by Gasteiger charge is -2.34. The Balaban J connectivity index is 1.48. The molecule has 2 aromatic rings. The molecule has 1 amide bonds. The van der Waals surface area contributed by atoms with E-state index in [4.69, 9.17) is 0 Å². The zero-order chi connectivity index (χ0) is 15.4. The molecule has 0 N–H and O–H groups in total. The van der Waals surface area contributed by atoms with E-state index in [2.05, 4.69) is 25.9 Å². The van der Waals surface area contributed by atoms with Crippen molar-refractivity contribution >= 4 is 21.8 Å². The second-order valence-electron chi connectivity index (χ2n) is 5.41. The summed E-state index contributed by atoms with van der Waals surface area (Å²) in [6, 6.07) is 9.50. The summed E-state index contributed by atoms with van der Waals surface area (Å²) < 4.78 is 2.94. The molecule has 1 aromatic heterocycles. The topological polar surface area (TPSA) is 41.4 Å². The van der Waals surface area contributed by atoms with Crippen molar-refractivity contribution in [2.75, 3.05) is 32.7 Å². The summed E-state index contributed by atoms with van der Waals surface area (Å²) in [4.78, 5) is 16.8. The van der Waals surface area contributed by atoms with Crippen molar-refractivity contribution in [3.8, 4) is 0 Å². The summed E-state index contributed by atoms with van der Waals surface area (Å²) in [5.41, 5.74) is 0.758. The normalized spacial score (nSPS) is 16.0. The minimum absolute atomic E-state index is 0.124. The fourth-order valence-corrected chi connectivity index (χ4v) is 2.89. The van der Waals surface area contributed by atoms with Crippen LogP contribution in [0.2, 0.25) is 0 Å².